The molecule has 160 valence electrons. The van der Waals surface area contributed by atoms with Crippen LogP contribution in [0.1, 0.15) is 24.3 Å². The van der Waals surface area contributed by atoms with Crippen molar-refractivity contribution in [2.24, 2.45) is 5.92 Å². The highest BCUT2D eigenvalue weighted by Gasteiger charge is 2.58. The molecule has 3 atom stereocenters. The van der Waals surface area contributed by atoms with E-state index in [2.05, 4.69) is 5.16 Å². The smallest absolute Gasteiger partial charge is 0.355 e. The molecule has 12 heteroatoms. The summed E-state index contributed by atoms with van der Waals surface area (Å²) in [6.45, 7) is 1.12. The normalized spacial score (nSPS) is 20.4. The summed E-state index contributed by atoms with van der Waals surface area (Å²) in [5.74, 6) is -2.40. The van der Waals surface area contributed by atoms with Gasteiger partial charge in [-0.05, 0) is 17.7 Å². The number of carbonyl (C=O) groups excluding carboxylic acids is 3. The first kappa shape index (κ1) is 20.6. The Labute approximate surface area is 179 Å². The maximum atomic E-state index is 12.8. The van der Waals surface area contributed by atoms with Crippen LogP contribution in [-0.4, -0.2) is 38.2 Å². The molecule has 3 heterocycles. The average Bonchev–Trinajstić information content (AvgIpc) is 3.39. The number of ether oxygens (including phenoxy) is 2. The van der Waals surface area contributed by atoms with Crippen molar-refractivity contribution in [2.45, 2.75) is 25.0 Å². The van der Waals surface area contributed by atoms with Crippen molar-refractivity contribution >= 4 is 35.3 Å². The Balaban J connectivity index is 1.40. The van der Waals surface area contributed by atoms with Gasteiger partial charge in [-0.15, -0.1) is 11.8 Å². The second-order valence-corrected chi connectivity index (χ2v) is 7.71. The van der Waals surface area contributed by atoms with Gasteiger partial charge in [0.2, 0.25) is 5.91 Å². The van der Waals surface area contributed by atoms with Gasteiger partial charge in [-0.25, -0.2) is 4.79 Å². The number of amides is 1. The Kier molecular flexibility index (Phi) is 5.46. The highest BCUT2D eigenvalue weighted by Crippen LogP contribution is 2.50. The average molecular weight is 445 g/mol. The van der Waals surface area contributed by atoms with E-state index in [9.17, 15) is 24.5 Å². The first-order chi connectivity index (χ1) is 14.9. The highest BCUT2D eigenvalue weighted by molar-refractivity contribution is 8.03. The van der Waals surface area contributed by atoms with Crippen LogP contribution in [0.5, 0.6) is 0 Å². The van der Waals surface area contributed by atoms with Gasteiger partial charge in [-0.1, -0.05) is 5.16 Å². The first-order valence-electron chi connectivity index (χ1n) is 9.03. The van der Waals surface area contributed by atoms with E-state index in [0.717, 1.165) is 0 Å². The van der Waals surface area contributed by atoms with Crippen molar-refractivity contribution in [3.05, 3.63) is 69.1 Å². The third kappa shape index (κ3) is 3.89. The molecule has 2 aliphatic heterocycles. The lowest BCUT2D eigenvalue weighted by Gasteiger charge is -2.44. The molecule has 11 nitrogen and oxygen atoms in total. The number of nitro benzene ring substituents is 1. The SMILES string of the molecule is CC(=O)OC(c1ccon1)C1C(=O)N2C(C(=O)OCc3ccc([N+](=O)[O-])cc3)=CS[C@H]12. The molecule has 1 fully saturated rings. The molecule has 0 bridgehead atoms. The van der Waals surface area contributed by atoms with Gasteiger partial charge in [0.25, 0.3) is 5.69 Å². The van der Waals surface area contributed by atoms with E-state index in [1.165, 1.54) is 65.6 Å². The molecule has 1 aromatic carbocycles. The van der Waals surface area contributed by atoms with Gasteiger partial charge in [-0.3, -0.25) is 24.6 Å². The van der Waals surface area contributed by atoms with Crippen molar-refractivity contribution in [3.8, 4) is 0 Å². The summed E-state index contributed by atoms with van der Waals surface area (Å²) >= 11 is 1.24. The summed E-state index contributed by atoms with van der Waals surface area (Å²) in [5, 5.41) is 15.5. The predicted octanol–water partition coefficient (Wildman–Crippen LogP) is 2.30. The van der Waals surface area contributed by atoms with Crippen molar-refractivity contribution in [1.29, 1.82) is 0 Å². The number of aromatic nitrogens is 1. The Morgan fingerprint density at radius 2 is 2.06 bits per heavy atom. The van der Waals surface area contributed by atoms with E-state index < -0.39 is 40.2 Å². The van der Waals surface area contributed by atoms with E-state index >= 15 is 0 Å². The Morgan fingerprint density at radius 3 is 2.68 bits per heavy atom. The zero-order valence-electron chi connectivity index (χ0n) is 16.0. The number of non-ortho nitro benzene ring substituents is 1. The molecule has 2 unspecified atom stereocenters. The fourth-order valence-electron chi connectivity index (χ4n) is 3.31. The maximum absolute atomic E-state index is 12.8. The quantitative estimate of drug-likeness (QED) is 0.270. The molecule has 1 amide bonds. The van der Waals surface area contributed by atoms with Crippen LogP contribution < -0.4 is 0 Å². The fourth-order valence-corrected chi connectivity index (χ4v) is 4.55. The van der Waals surface area contributed by atoms with Gasteiger partial charge in [0.05, 0.1) is 4.92 Å². The zero-order chi connectivity index (χ0) is 22.1. The van der Waals surface area contributed by atoms with E-state index in [4.69, 9.17) is 14.0 Å². The van der Waals surface area contributed by atoms with Crippen LogP contribution in [0, 0.1) is 16.0 Å². The molecule has 0 aliphatic carbocycles. The number of benzene rings is 1. The topological polar surface area (TPSA) is 142 Å². The molecule has 1 saturated heterocycles. The van der Waals surface area contributed by atoms with Crippen molar-refractivity contribution in [2.75, 3.05) is 0 Å². The lowest BCUT2D eigenvalue weighted by atomic mass is 9.89. The van der Waals surface area contributed by atoms with E-state index in [1.807, 2.05) is 0 Å². The van der Waals surface area contributed by atoms with E-state index in [1.54, 1.807) is 0 Å². The molecule has 2 aliphatic rings. The van der Waals surface area contributed by atoms with Gasteiger partial charge in [-0.2, -0.15) is 0 Å². The number of thioether (sulfide) groups is 1. The molecule has 0 radical (unpaired) electrons. The molecule has 0 N–H and O–H groups in total. The lowest BCUT2D eigenvalue weighted by molar-refractivity contribution is -0.384. The van der Waals surface area contributed by atoms with E-state index in [-0.39, 0.29) is 18.0 Å². The van der Waals surface area contributed by atoms with Crippen molar-refractivity contribution in [1.82, 2.24) is 10.1 Å². The lowest BCUT2D eigenvalue weighted by Crippen LogP contribution is -2.59. The molecule has 31 heavy (non-hydrogen) atoms. The first-order valence-corrected chi connectivity index (χ1v) is 9.97. The Bertz CT molecular complexity index is 1070. The molecule has 4 rings (SSSR count). The molecule has 2 aromatic rings. The van der Waals surface area contributed by atoms with Gasteiger partial charge >= 0.3 is 11.9 Å². The number of rotatable bonds is 7. The van der Waals surface area contributed by atoms with Gasteiger partial charge in [0, 0.05) is 30.5 Å². The van der Waals surface area contributed by atoms with Crippen LogP contribution in [0.3, 0.4) is 0 Å². The van der Waals surface area contributed by atoms with Crippen LogP contribution in [0.4, 0.5) is 5.69 Å². The number of hydrogen-bond donors (Lipinski definition) is 0. The van der Waals surface area contributed by atoms with Crippen LogP contribution in [0.2, 0.25) is 0 Å². The van der Waals surface area contributed by atoms with E-state index in [0.29, 0.717) is 11.3 Å². The predicted molar refractivity (Wildman–Crippen MR) is 104 cm³/mol. The third-order valence-electron chi connectivity index (χ3n) is 4.76. The minimum atomic E-state index is -0.929. The zero-order valence-corrected chi connectivity index (χ0v) is 16.8. The number of carbonyl (C=O) groups is 3. The number of nitrogens with zero attached hydrogens (tertiary/aromatic N) is 3. The van der Waals surface area contributed by atoms with Gasteiger partial charge in [0.1, 0.15) is 35.6 Å². The number of esters is 2. The maximum Gasteiger partial charge on any atom is 0.355 e. The largest absolute Gasteiger partial charge is 0.456 e. The Morgan fingerprint density at radius 1 is 1.32 bits per heavy atom. The van der Waals surface area contributed by atoms with Crippen LogP contribution in [-0.2, 0) is 30.5 Å². The highest BCUT2D eigenvalue weighted by atomic mass is 32.2. The minimum absolute atomic E-state index is 0.0699. The summed E-state index contributed by atoms with van der Waals surface area (Å²) in [6, 6.07) is 7.10. The van der Waals surface area contributed by atoms with Crippen LogP contribution in [0.25, 0.3) is 0 Å². The number of β-lactam (4-membered cyclic amide) rings is 1. The molecular formula is C19H15N3O8S. The monoisotopic (exact) mass is 445 g/mol. The summed E-state index contributed by atoms with van der Waals surface area (Å²) in [6.07, 6.45) is 0.384. The summed E-state index contributed by atoms with van der Waals surface area (Å²) in [7, 11) is 0. The summed E-state index contributed by atoms with van der Waals surface area (Å²) < 4.78 is 15.3. The van der Waals surface area contributed by atoms with Crippen LogP contribution in [0.15, 0.2) is 52.2 Å². The number of hydrogen-bond acceptors (Lipinski definition) is 10. The number of fused-ring (bicyclic) bond motifs is 1. The van der Waals surface area contributed by atoms with Gasteiger partial charge in [0.15, 0.2) is 6.10 Å². The summed E-state index contributed by atoms with van der Waals surface area (Å²) in [4.78, 5) is 48.3. The molecular weight excluding hydrogens is 430 g/mol. The second-order valence-electron chi connectivity index (χ2n) is 6.72. The Hall–Kier alpha value is -3.67. The molecule has 0 spiro atoms. The third-order valence-corrected chi connectivity index (χ3v) is 5.90. The second kappa shape index (κ2) is 8.22. The molecule has 0 saturated carbocycles. The fraction of sp³-hybridized carbons (Fsp3) is 0.263. The van der Waals surface area contributed by atoms with Gasteiger partial charge < -0.3 is 14.0 Å². The van der Waals surface area contributed by atoms with Crippen LogP contribution >= 0.6 is 11.8 Å². The standard InChI is InChI=1S/C19H15N3O8S/c1-10(23)30-16(13-6-7-29-20-13)15-17(24)21-14(9-31-18(15)21)19(25)28-8-11-2-4-12(5-3-11)22(26)27/h2-7,9,15-16,18H,8H2,1H3/t15?,16?,18-/m1/s1. The van der Waals surface area contributed by atoms with Crippen molar-refractivity contribution < 1.29 is 33.3 Å². The summed E-state index contributed by atoms with van der Waals surface area (Å²) in [5.41, 5.74) is 0.887. The minimum Gasteiger partial charge on any atom is -0.456 e. The number of nitro groups is 1. The molecule has 1 aromatic heterocycles. The van der Waals surface area contributed by atoms with Crippen molar-refractivity contribution in [3.63, 3.8) is 0 Å².